The van der Waals surface area contributed by atoms with Crippen molar-refractivity contribution >= 4 is 34.9 Å². The zero-order chi connectivity index (χ0) is 17.8. The van der Waals surface area contributed by atoms with Crippen LogP contribution in [0.15, 0.2) is 22.7 Å². The number of halogens is 2. The number of ether oxygens (including phenoxy) is 2. The van der Waals surface area contributed by atoms with Gasteiger partial charge in [-0.05, 0) is 18.2 Å². The molecule has 25 heavy (non-hydrogen) atoms. The molecule has 0 radical (unpaired) electrons. The number of methoxy groups -OCH3 is 1. The Labute approximate surface area is 154 Å². The van der Waals surface area contributed by atoms with Crippen LogP contribution in [-0.4, -0.2) is 47.9 Å². The van der Waals surface area contributed by atoms with Crippen molar-refractivity contribution < 1.29 is 18.8 Å². The first-order chi connectivity index (χ1) is 12.1. The smallest absolute Gasteiger partial charge is 0.322 e. The number of nitrogens with one attached hydrogen (secondary N) is 1. The van der Waals surface area contributed by atoms with E-state index in [0.717, 1.165) is 0 Å². The Morgan fingerprint density at radius 2 is 2.16 bits per heavy atom. The zero-order valence-electron chi connectivity index (χ0n) is 13.4. The molecular weight excluding hydrogens is 371 g/mol. The van der Waals surface area contributed by atoms with Crippen molar-refractivity contribution in [2.24, 2.45) is 0 Å². The summed E-state index contributed by atoms with van der Waals surface area (Å²) in [5, 5.41) is 7.56. The van der Waals surface area contributed by atoms with Gasteiger partial charge >= 0.3 is 6.03 Å². The molecule has 2 heterocycles. The van der Waals surface area contributed by atoms with Crippen LogP contribution in [0.5, 0.6) is 0 Å². The number of aromatic nitrogens is 2. The topological polar surface area (TPSA) is 89.7 Å². The largest absolute Gasteiger partial charge is 0.377 e. The fourth-order valence-corrected chi connectivity index (χ4v) is 2.99. The number of urea groups is 1. The van der Waals surface area contributed by atoms with Crippen LogP contribution >= 0.6 is 23.2 Å². The Morgan fingerprint density at radius 1 is 1.40 bits per heavy atom. The molecule has 1 saturated heterocycles. The van der Waals surface area contributed by atoms with E-state index in [4.69, 9.17) is 37.2 Å². The second-order valence-electron chi connectivity index (χ2n) is 5.35. The molecule has 0 unspecified atom stereocenters. The van der Waals surface area contributed by atoms with Crippen LogP contribution in [0.3, 0.4) is 0 Å². The van der Waals surface area contributed by atoms with E-state index in [1.165, 1.54) is 7.11 Å². The molecule has 2 aromatic rings. The number of nitrogens with zero attached hydrogens (tertiary/aromatic N) is 3. The molecule has 1 aliphatic heterocycles. The third-order valence-electron chi connectivity index (χ3n) is 3.55. The van der Waals surface area contributed by atoms with Crippen LogP contribution in [0.4, 0.5) is 10.5 Å². The van der Waals surface area contributed by atoms with E-state index in [9.17, 15) is 4.79 Å². The first-order valence-electron chi connectivity index (χ1n) is 7.49. The second-order valence-corrected chi connectivity index (χ2v) is 6.22. The van der Waals surface area contributed by atoms with Gasteiger partial charge in [-0.2, -0.15) is 4.98 Å². The third kappa shape index (κ3) is 4.40. The molecule has 1 aromatic carbocycles. The van der Waals surface area contributed by atoms with Gasteiger partial charge in [-0.3, -0.25) is 0 Å². The third-order valence-corrected chi connectivity index (χ3v) is 3.99. The monoisotopic (exact) mass is 386 g/mol. The zero-order valence-corrected chi connectivity index (χ0v) is 14.9. The van der Waals surface area contributed by atoms with Gasteiger partial charge in [-0.25, -0.2) is 4.79 Å². The number of amides is 2. The highest BCUT2D eigenvalue weighted by atomic mass is 35.5. The molecule has 1 aliphatic rings. The molecule has 1 aromatic heterocycles. The summed E-state index contributed by atoms with van der Waals surface area (Å²) < 4.78 is 15.5. The number of morpholine rings is 1. The van der Waals surface area contributed by atoms with Crippen LogP contribution in [0, 0.1) is 0 Å². The quantitative estimate of drug-likeness (QED) is 0.867. The minimum Gasteiger partial charge on any atom is -0.377 e. The van der Waals surface area contributed by atoms with E-state index in [2.05, 4.69) is 15.5 Å². The molecule has 10 heteroatoms. The fourth-order valence-electron chi connectivity index (χ4n) is 2.47. The number of carbonyl (C=O) groups excluding carboxylic acids is 1. The molecule has 2 amide bonds. The van der Waals surface area contributed by atoms with E-state index >= 15 is 0 Å². The average Bonchev–Trinajstić information content (AvgIpc) is 3.03. The highest BCUT2D eigenvalue weighted by Crippen LogP contribution is 2.26. The molecule has 3 rings (SSSR count). The summed E-state index contributed by atoms with van der Waals surface area (Å²) in [5.74, 6) is 0.705. The molecule has 0 aliphatic carbocycles. The van der Waals surface area contributed by atoms with Gasteiger partial charge in [0, 0.05) is 29.4 Å². The molecule has 0 saturated carbocycles. The van der Waals surface area contributed by atoms with Gasteiger partial charge in [-0.15, -0.1) is 0 Å². The lowest BCUT2D eigenvalue weighted by Crippen LogP contribution is -2.45. The molecule has 0 spiro atoms. The minimum atomic E-state index is -0.460. The van der Waals surface area contributed by atoms with Gasteiger partial charge in [0.1, 0.15) is 12.6 Å². The van der Waals surface area contributed by atoms with Gasteiger partial charge in [0.05, 0.1) is 13.2 Å². The average molecular weight is 387 g/mol. The highest BCUT2D eigenvalue weighted by Gasteiger charge is 2.32. The molecule has 8 nitrogen and oxygen atoms in total. The normalized spacial score (nSPS) is 17.6. The van der Waals surface area contributed by atoms with Crippen LogP contribution in [0.2, 0.25) is 10.0 Å². The Balaban J connectivity index is 1.76. The van der Waals surface area contributed by atoms with E-state index in [1.807, 2.05) is 0 Å². The van der Waals surface area contributed by atoms with Gasteiger partial charge in [0.25, 0.3) is 5.89 Å². The van der Waals surface area contributed by atoms with Crippen LogP contribution in [0.25, 0.3) is 0 Å². The maximum Gasteiger partial charge on any atom is 0.322 e. The van der Waals surface area contributed by atoms with Crippen molar-refractivity contribution in [3.05, 3.63) is 40.0 Å². The summed E-state index contributed by atoms with van der Waals surface area (Å²) in [4.78, 5) is 18.5. The maximum atomic E-state index is 12.7. The van der Waals surface area contributed by atoms with E-state index in [0.29, 0.717) is 40.6 Å². The van der Waals surface area contributed by atoms with Crippen molar-refractivity contribution in [3.8, 4) is 0 Å². The fraction of sp³-hybridized carbons (Fsp3) is 0.400. The summed E-state index contributed by atoms with van der Waals surface area (Å²) in [5.41, 5.74) is 0.501. The van der Waals surface area contributed by atoms with Crippen molar-refractivity contribution in [2.75, 3.05) is 32.2 Å². The summed E-state index contributed by atoms with van der Waals surface area (Å²) >= 11 is 11.9. The van der Waals surface area contributed by atoms with E-state index < -0.39 is 6.04 Å². The first-order valence-corrected chi connectivity index (χ1v) is 8.25. The predicted octanol–water partition coefficient (Wildman–Crippen LogP) is 3.13. The molecule has 1 atom stereocenters. The number of anilines is 1. The Kier molecular flexibility index (Phi) is 5.74. The Morgan fingerprint density at radius 3 is 2.88 bits per heavy atom. The lowest BCUT2D eigenvalue weighted by Gasteiger charge is -2.33. The molecule has 1 N–H and O–H groups in total. The van der Waals surface area contributed by atoms with Gasteiger partial charge in [0.2, 0.25) is 0 Å². The lowest BCUT2D eigenvalue weighted by molar-refractivity contribution is 0.0110. The van der Waals surface area contributed by atoms with Crippen LogP contribution < -0.4 is 5.32 Å². The lowest BCUT2D eigenvalue weighted by atomic mass is 10.2. The number of hydrogen-bond donors (Lipinski definition) is 1. The number of carbonyl (C=O) groups is 1. The van der Waals surface area contributed by atoms with Gasteiger partial charge in [0.15, 0.2) is 5.82 Å². The summed E-state index contributed by atoms with van der Waals surface area (Å²) in [7, 11) is 1.53. The van der Waals surface area contributed by atoms with Gasteiger partial charge in [-0.1, -0.05) is 28.4 Å². The molecular formula is C15H16Cl2N4O4. The molecule has 134 valence electrons. The molecule has 1 fully saturated rings. The number of rotatable bonds is 4. The SMILES string of the molecule is COCc1nc([C@H]2COCCN2C(=O)Nc2cc(Cl)cc(Cl)c2)no1. The van der Waals surface area contributed by atoms with E-state index in [1.54, 1.807) is 23.1 Å². The molecule has 0 bridgehead atoms. The number of benzene rings is 1. The standard InChI is InChI=1S/C15H16Cl2N4O4/c1-23-8-13-19-14(20-25-13)12-7-24-3-2-21(12)15(22)18-11-5-9(16)4-10(17)6-11/h4-6,12H,2-3,7-8H2,1H3,(H,18,22)/t12-/m1/s1. The maximum absolute atomic E-state index is 12.7. The van der Waals surface area contributed by atoms with Crippen molar-refractivity contribution in [1.82, 2.24) is 15.0 Å². The summed E-state index contributed by atoms with van der Waals surface area (Å²) in [6, 6.07) is 4.03. The van der Waals surface area contributed by atoms with Gasteiger partial charge < -0.3 is 24.2 Å². The Hall–Kier alpha value is -1.87. The van der Waals surface area contributed by atoms with Crippen LogP contribution in [0.1, 0.15) is 17.8 Å². The van der Waals surface area contributed by atoms with Crippen molar-refractivity contribution in [3.63, 3.8) is 0 Å². The second kappa shape index (κ2) is 8.01. The summed E-state index contributed by atoms with van der Waals surface area (Å²) in [6.07, 6.45) is 0. The van der Waals surface area contributed by atoms with E-state index in [-0.39, 0.29) is 19.2 Å². The predicted molar refractivity (Wildman–Crippen MR) is 90.8 cm³/mol. The Bertz CT molecular complexity index is 735. The number of hydrogen-bond acceptors (Lipinski definition) is 6. The minimum absolute atomic E-state index is 0.202. The van der Waals surface area contributed by atoms with Crippen LogP contribution in [-0.2, 0) is 16.1 Å². The first kappa shape index (κ1) is 17.9. The highest BCUT2D eigenvalue weighted by molar-refractivity contribution is 6.35. The van der Waals surface area contributed by atoms with Crippen molar-refractivity contribution in [1.29, 1.82) is 0 Å². The summed E-state index contributed by atoms with van der Waals surface area (Å²) in [6.45, 7) is 1.28. The van der Waals surface area contributed by atoms with Crippen molar-refractivity contribution in [2.45, 2.75) is 12.6 Å².